The first-order valence-corrected chi connectivity index (χ1v) is 11.5. The second-order valence-corrected chi connectivity index (χ2v) is 9.14. The number of aryl methyl sites for hydroxylation is 1. The lowest BCUT2D eigenvalue weighted by atomic mass is 10.0. The number of H-pyrrole nitrogens is 1. The van der Waals surface area contributed by atoms with E-state index in [1.807, 2.05) is 67.6 Å². The molecule has 166 valence electrons. The fourth-order valence-electron chi connectivity index (χ4n) is 3.89. The maximum absolute atomic E-state index is 13.2. The van der Waals surface area contributed by atoms with Crippen LogP contribution < -0.4 is 0 Å². The minimum Gasteiger partial charge on any atom is -0.355 e. The molecule has 0 aliphatic rings. The summed E-state index contributed by atoms with van der Waals surface area (Å²) in [5, 5.41) is 8.74. The van der Waals surface area contributed by atoms with Gasteiger partial charge in [0.25, 0.3) is 0 Å². The lowest BCUT2D eigenvalue weighted by molar-refractivity contribution is 0.0988. The molecule has 0 fully saturated rings. The summed E-state index contributed by atoms with van der Waals surface area (Å²) in [6, 6.07) is 19.6. The molecular formula is C26H24N4O2S. The molecule has 0 bridgehead atoms. The molecule has 2 aromatic heterocycles. The number of hydrogen-bond donors (Lipinski definition) is 1. The normalized spacial score (nSPS) is 11.9. The van der Waals surface area contributed by atoms with Gasteiger partial charge in [0.2, 0.25) is 5.16 Å². The maximum atomic E-state index is 13.2. The Hall–Kier alpha value is -3.58. The second kappa shape index (κ2) is 9.50. The Balaban J connectivity index is 1.67. The first kappa shape index (κ1) is 22.6. The first-order chi connectivity index (χ1) is 15.9. The Bertz CT molecular complexity index is 1320. The molecule has 7 heteroatoms. The molecular weight excluding hydrogens is 432 g/mol. The number of ketones is 2. The van der Waals surface area contributed by atoms with Gasteiger partial charge in [-0.15, -0.1) is 10.2 Å². The third-order valence-electron chi connectivity index (χ3n) is 5.45. The van der Waals surface area contributed by atoms with Crippen molar-refractivity contribution in [2.75, 3.05) is 0 Å². The van der Waals surface area contributed by atoms with E-state index in [4.69, 9.17) is 4.98 Å². The molecule has 1 N–H and O–H groups in total. The van der Waals surface area contributed by atoms with Crippen molar-refractivity contribution in [1.29, 1.82) is 0 Å². The Morgan fingerprint density at radius 3 is 2.00 bits per heavy atom. The number of benzene rings is 2. The van der Waals surface area contributed by atoms with Crippen molar-refractivity contribution in [2.45, 2.75) is 38.1 Å². The summed E-state index contributed by atoms with van der Waals surface area (Å²) in [5.74, 6) is -0.165. The zero-order valence-electron chi connectivity index (χ0n) is 18.9. The van der Waals surface area contributed by atoms with Crippen LogP contribution in [0.25, 0.3) is 22.5 Å². The highest BCUT2D eigenvalue weighted by Crippen LogP contribution is 2.31. The number of thioether (sulfide) groups is 1. The Morgan fingerprint density at radius 2 is 1.45 bits per heavy atom. The summed E-state index contributed by atoms with van der Waals surface area (Å²) in [6.45, 7) is 6.92. The number of carbonyl (C=O) groups is 2. The summed E-state index contributed by atoms with van der Waals surface area (Å²) in [4.78, 5) is 33.0. The fourth-order valence-corrected chi connectivity index (χ4v) is 4.66. The molecule has 0 spiro atoms. The van der Waals surface area contributed by atoms with Gasteiger partial charge in [0.05, 0.1) is 10.9 Å². The van der Waals surface area contributed by atoms with Crippen molar-refractivity contribution in [2.24, 2.45) is 0 Å². The Morgan fingerprint density at radius 1 is 0.879 bits per heavy atom. The number of aromatic amines is 1. The summed E-state index contributed by atoms with van der Waals surface area (Å²) in [5.41, 5.74) is 5.66. The largest absolute Gasteiger partial charge is 0.355 e. The number of nitrogens with one attached hydrogen (secondary N) is 1. The van der Waals surface area contributed by atoms with Crippen LogP contribution in [-0.2, 0) is 0 Å². The van der Waals surface area contributed by atoms with Crippen LogP contribution in [0.1, 0.15) is 46.0 Å². The van der Waals surface area contributed by atoms with E-state index >= 15 is 0 Å². The molecule has 0 saturated carbocycles. The van der Waals surface area contributed by atoms with E-state index < -0.39 is 5.25 Å². The third kappa shape index (κ3) is 4.64. The molecule has 0 aliphatic carbocycles. The number of aromatic nitrogens is 4. The molecule has 0 aliphatic heterocycles. The third-order valence-corrected chi connectivity index (χ3v) is 6.40. The summed E-state index contributed by atoms with van der Waals surface area (Å²) in [6.07, 6.45) is 0. The van der Waals surface area contributed by atoms with Gasteiger partial charge in [0.1, 0.15) is 11.4 Å². The fraction of sp³-hybridized carbons (Fsp3) is 0.192. The van der Waals surface area contributed by atoms with Crippen molar-refractivity contribution in [1.82, 2.24) is 20.2 Å². The summed E-state index contributed by atoms with van der Waals surface area (Å²) < 4.78 is 0. The molecule has 1 unspecified atom stereocenters. The van der Waals surface area contributed by atoms with Crippen LogP contribution in [0.2, 0.25) is 0 Å². The monoisotopic (exact) mass is 456 g/mol. The van der Waals surface area contributed by atoms with E-state index in [0.717, 1.165) is 11.1 Å². The predicted molar refractivity (Wildman–Crippen MR) is 131 cm³/mol. The van der Waals surface area contributed by atoms with E-state index in [-0.39, 0.29) is 11.6 Å². The standard InChI is InChI=1S/C26H24N4O2S/c1-15-21(17(3)31)16(2)27-22(15)25(32)18(4)33-26-28-23(19-11-7-5-8-12-19)24(29-30-26)20-13-9-6-10-14-20/h5-14,18,27H,1-4H3. The second-order valence-electron chi connectivity index (χ2n) is 7.83. The number of nitrogens with zero attached hydrogens (tertiary/aromatic N) is 3. The van der Waals surface area contributed by atoms with Gasteiger partial charge in [0, 0.05) is 22.4 Å². The van der Waals surface area contributed by atoms with Crippen LogP contribution >= 0.6 is 11.8 Å². The zero-order chi connectivity index (χ0) is 23.5. The molecule has 2 heterocycles. The summed E-state index contributed by atoms with van der Waals surface area (Å²) in [7, 11) is 0. The SMILES string of the molecule is CC(=O)c1c(C)[nH]c(C(=O)C(C)Sc2nnc(-c3ccccc3)c(-c3ccccc3)n2)c1C. The molecule has 0 saturated heterocycles. The van der Waals surface area contributed by atoms with E-state index in [1.54, 1.807) is 13.8 Å². The number of carbonyl (C=O) groups excluding carboxylic acids is 2. The highest BCUT2D eigenvalue weighted by molar-refractivity contribution is 8.00. The van der Waals surface area contributed by atoms with Crippen molar-refractivity contribution in [3.8, 4) is 22.5 Å². The van der Waals surface area contributed by atoms with Gasteiger partial charge < -0.3 is 4.98 Å². The van der Waals surface area contributed by atoms with E-state index in [0.29, 0.717) is 39.1 Å². The van der Waals surface area contributed by atoms with Crippen molar-refractivity contribution in [3.05, 3.63) is 83.2 Å². The van der Waals surface area contributed by atoms with Gasteiger partial charge >= 0.3 is 0 Å². The van der Waals surface area contributed by atoms with E-state index in [1.165, 1.54) is 18.7 Å². The van der Waals surface area contributed by atoms with Gasteiger partial charge in [-0.3, -0.25) is 9.59 Å². The van der Waals surface area contributed by atoms with Crippen LogP contribution in [0.15, 0.2) is 65.8 Å². The topological polar surface area (TPSA) is 88.6 Å². The van der Waals surface area contributed by atoms with Gasteiger partial charge in [-0.1, -0.05) is 72.4 Å². The minimum atomic E-state index is -0.463. The van der Waals surface area contributed by atoms with Gasteiger partial charge in [-0.05, 0) is 33.3 Å². The maximum Gasteiger partial charge on any atom is 0.210 e. The lowest BCUT2D eigenvalue weighted by Crippen LogP contribution is -2.16. The van der Waals surface area contributed by atoms with Crippen LogP contribution in [0.3, 0.4) is 0 Å². The van der Waals surface area contributed by atoms with Gasteiger partial charge in [0.15, 0.2) is 11.6 Å². The van der Waals surface area contributed by atoms with Gasteiger partial charge in [-0.2, -0.15) is 0 Å². The first-order valence-electron chi connectivity index (χ1n) is 10.6. The Labute approximate surface area is 196 Å². The van der Waals surface area contributed by atoms with Crippen LogP contribution in [-0.4, -0.2) is 37.0 Å². The number of rotatable bonds is 7. The number of Topliss-reactive ketones (excluding diaryl/α,β-unsaturated/α-hetero) is 2. The molecule has 2 aromatic carbocycles. The van der Waals surface area contributed by atoms with E-state index in [9.17, 15) is 9.59 Å². The minimum absolute atomic E-state index is 0.0582. The smallest absolute Gasteiger partial charge is 0.210 e. The Kier molecular flexibility index (Phi) is 6.51. The molecule has 1 atom stereocenters. The molecule has 0 amide bonds. The summed E-state index contributed by atoms with van der Waals surface area (Å²) >= 11 is 1.25. The number of hydrogen-bond acceptors (Lipinski definition) is 6. The van der Waals surface area contributed by atoms with E-state index in [2.05, 4.69) is 15.2 Å². The average Bonchev–Trinajstić information content (AvgIpc) is 3.13. The van der Waals surface area contributed by atoms with Crippen LogP contribution in [0.4, 0.5) is 0 Å². The quantitative estimate of drug-likeness (QED) is 0.283. The van der Waals surface area contributed by atoms with Gasteiger partial charge in [-0.25, -0.2) is 4.98 Å². The zero-order valence-corrected chi connectivity index (χ0v) is 19.7. The molecule has 4 rings (SSSR count). The molecule has 0 radical (unpaired) electrons. The van der Waals surface area contributed by atoms with Crippen molar-refractivity contribution >= 4 is 23.3 Å². The van der Waals surface area contributed by atoms with Crippen LogP contribution in [0, 0.1) is 13.8 Å². The van der Waals surface area contributed by atoms with Crippen molar-refractivity contribution < 1.29 is 9.59 Å². The molecule has 4 aromatic rings. The van der Waals surface area contributed by atoms with Crippen molar-refractivity contribution in [3.63, 3.8) is 0 Å². The average molecular weight is 457 g/mol. The highest BCUT2D eigenvalue weighted by atomic mass is 32.2. The van der Waals surface area contributed by atoms with Crippen LogP contribution in [0.5, 0.6) is 0 Å². The molecule has 6 nitrogen and oxygen atoms in total. The highest BCUT2D eigenvalue weighted by Gasteiger charge is 2.25. The lowest BCUT2D eigenvalue weighted by Gasteiger charge is -2.12. The molecule has 33 heavy (non-hydrogen) atoms. The predicted octanol–water partition coefficient (Wildman–Crippen LogP) is 5.72.